The molecule has 0 bridgehead atoms. The minimum absolute atomic E-state index is 0.181. The summed E-state index contributed by atoms with van der Waals surface area (Å²) in [5.74, 6) is -1.83. The zero-order valence-corrected chi connectivity index (χ0v) is 14.1. The predicted octanol–water partition coefficient (Wildman–Crippen LogP) is 2.29. The number of carbonyl (C=O) groups is 2. The van der Waals surface area contributed by atoms with Crippen LogP contribution in [0, 0.1) is 5.82 Å². The molecule has 2 aromatic carbocycles. The third kappa shape index (κ3) is 4.18. The van der Waals surface area contributed by atoms with Gasteiger partial charge in [0.25, 0.3) is 5.91 Å². The van der Waals surface area contributed by atoms with Crippen molar-refractivity contribution in [2.45, 2.75) is 6.54 Å². The van der Waals surface area contributed by atoms with Crippen LogP contribution in [0.15, 0.2) is 42.5 Å². The molecule has 0 unspecified atom stereocenters. The maximum Gasteiger partial charge on any atom is 0.335 e. The standard InChI is InChI=1S/C19H19FN2O4/c20-16-11-15(5-6-17(16)22-7-9-26-10-8-22)18(23)21-12-13-1-3-14(4-2-13)19(24)25/h1-6,11H,7-10,12H2,(H,21,23)(H,24,25). The number of nitrogens with zero attached hydrogens (tertiary/aromatic N) is 1. The number of hydrogen-bond acceptors (Lipinski definition) is 4. The molecule has 1 fully saturated rings. The molecule has 0 aliphatic carbocycles. The summed E-state index contributed by atoms with van der Waals surface area (Å²) in [7, 11) is 0. The van der Waals surface area contributed by atoms with Crippen molar-refractivity contribution in [2.24, 2.45) is 0 Å². The lowest BCUT2D eigenvalue weighted by atomic mass is 10.1. The van der Waals surface area contributed by atoms with E-state index in [1.165, 1.54) is 18.2 Å². The first kappa shape index (κ1) is 17.9. The number of morpholine rings is 1. The van der Waals surface area contributed by atoms with E-state index in [1.807, 2.05) is 4.90 Å². The number of carbonyl (C=O) groups excluding carboxylic acids is 1. The van der Waals surface area contributed by atoms with Gasteiger partial charge in [0.05, 0.1) is 24.5 Å². The summed E-state index contributed by atoms with van der Waals surface area (Å²) in [5, 5.41) is 11.6. The Hall–Kier alpha value is -2.93. The van der Waals surface area contributed by atoms with Gasteiger partial charge in [-0.3, -0.25) is 4.79 Å². The quantitative estimate of drug-likeness (QED) is 0.857. The number of amides is 1. The summed E-state index contributed by atoms with van der Waals surface area (Å²) in [6.45, 7) is 2.58. The number of nitrogens with one attached hydrogen (secondary N) is 1. The first-order valence-electron chi connectivity index (χ1n) is 8.27. The SMILES string of the molecule is O=C(O)c1ccc(CNC(=O)c2ccc(N3CCOCC3)c(F)c2)cc1. The van der Waals surface area contributed by atoms with Crippen molar-refractivity contribution in [3.05, 3.63) is 65.0 Å². The van der Waals surface area contributed by atoms with E-state index in [1.54, 1.807) is 24.3 Å². The molecule has 0 atom stereocenters. The van der Waals surface area contributed by atoms with Crippen LogP contribution in [0.1, 0.15) is 26.3 Å². The van der Waals surface area contributed by atoms with Crippen molar-refractivity contribution in [3.8, 4) is 0 Å². The van der Waals surface area contributed by atoms with Gasteiger partial charge in [0.1, 0.15) is 5.82 Å². The van der Waals surface area contributed by atoms with Gasteiger partial charge in [-0.05, 0) is 35.9 Å². The Balaban J connectivity index is 1.62. The number of ether oxygens (including phenoxy) is 1. The fourth-order valence-electron chi connectivity index (χ4n) is 2.76. The number of carboxylic acids is 1. The fourth-order valence-corrected chi connectivity index (χ4v) is 2.76. The molecule has 0 aromatic heterocycles. The maximum absolute atomic E-state index is 14.4. The number of hydrogen-bond donors (Lipinski definition) is 2. The molecule has 1 heterocycles. The van der Waals surface area contributed by atoms with E-state index in [0.29, 0.717) is 32.0 Å². The third-order valence-electron chi connectivity index (χ3n) is 4.22. The summed E-state index contributed by atoms with van der Waals surface area (Å²) in [5.41, 5.74) is 1.64. The van der Waals surface area contributed by atoms with E-state index in [-0.39, 0.29) is 23.6 Å². The van der Waals surface area contributed by atoms with Gasteiger partial charge in [0.2, 0.25) is 0 Å². The smallest absolute Gasteiger partial charge is 0.335 e. The van der Waals surface area contributed by atoms with Crippen LogP contribution in [0.2, 0.25) is 0 Å². The van der Waals surface area contributed by atoms with Crippen LogP contribution < -0.4 is 10.2 Å². The topological polar surface area (TPSA) is 78.9 Å². The van der Waals surface area contributed by atoms with Crippen molar-refractivity contribution in [2.75, 3.05) is 31.2 Å². The Kier molecular flexibility index (Phi) is 5.48. The molecule has 26 heavy (non-hydrogen) atoms. The van der Waals surface area contributed by atoms with Gasteiger partial charge in [0.15, 0.2) is 0 Å². The Morgan fingerprint density at radius 2 is 1.73 bits per heavy atom. The zero-order chi connectivity index (χ0) is 18.5. The van der Waals surface area contributed by atoms with Crippen LogP contribution in [0.5, 0.6) is 0 Å². The number of rotatable bonds is 5. The Morgan fingerprint density at radius 1 is 1.08 bits per heavy atom. The summed E-state index contributed by atoms with van der Waals surface area (Å²) in [6.07, 6.45) is 0. The Morgan fingerprint density at radius 3 is 2.35 bits per heavy atom. The lowest BCUT2D eigenvalue weighted by Crippen LogP contribution is -2.36. The Labute approximate surface area is 150 Å². The number of carboxylic acid groups (broad SMARTS) is 1. The van der Waals surface area contributed by atoms with Gasteiger partial charge in [-0.15, -0.1) is 0 Å². The molecule has 1 aliphatic heterocycles. The van der Waals surface area contributed by atoms with Crippen molar-refractivity contribution in [1.82, 2.24) is 5.32 Å². The molecular formula is C19H19FN2O4. The van der Waals surface area contributed by atoms with Gasteiger partial charge in [-0.1, -0.05) is 12.1 Å². The summed E-state index contributed by atoms with van der Waals surface area (Å²) in [4.78, 5) is 24.9. The lowest BCUT2D eigenvalue weighted by molar-refractivity contribution is 0.0696. The minimum Gasteiger partial charge on any atom is -0.478 e. The molecule has 1 aliphatic rings. The van der Waals surface area contributed by atoms with Gasteiger partial charge in [-0.25, -0.2) is 9.18 Å². The highest BCUT2D eigenvalue weighted by Crippen LogP contribution is 2.21. The summed E-state index contributed by atoms with van der Waals surface area (Å²) in [6, 6.07) is 10.6. The molecule has 6 nitrogen and oxygen atoms in total. The van der Waals surface area contributed by atoms with Crippen LogP contribution in [0.4, 0.5) is 10.1 Å². The molecule has 2 aromatic rings. The lowest BCUT2D eigenvalue weighted by Gasteiger charge is -2.29. The number of aromatic carboxylic acids is 1. The number of anilines is 1. The highest BCUT2D eigenvalue weighted by atomic mass is 19.1. The largest absolute Gasteiger partial charge is 0.478 e. The molecule has 1 saturated heterocycles. The molecule has 0 spiro atoms. The first-order chi connectivity index (χ1) is 12.5. The van der Waals surface area contributed by atoms with Crippen molar-refractivity contribution in [1.29, 1.82) is 0 Å². The maximum atomic E-state index is 14.4. The molecule has 7 heteroatoms. The predicted molar refractivity (Wildman–Crippen MR) is 94.0 cm³/mol. The molecule has 0 radical (unpaired) electrons. The van der Waals surface area contributed by atoms with Crippen LogP contribution in [0.25, 0.3) is 0 Å². The molecule has 0 saturated carbocycles. The van der Waals surface area contributed by atoms with Crippen LogP contribution in [-0.2, 0) is 11.3 Å². The van der Waals surface area contributed by atoms with E-state index in [4.69, 9.17) is 9.84 Å². The van der Waals surface area contributed by atoms with Crippen molar-refractivity contribution in [3.63, 3.8) is 0 Å². The number of halogens is 1. The van der Waals surface area contributed by atoms with Gasteiger partial charge < -0.3 is 20.1 Å². The Bertz CT molecular complexity index is 802. The second kappa shape index (κ2) is 7.97. The normalized spacial score (nSPS) is 14.1. The molecule has 1 amide bonds. The van der Waals surface area contributed by atoms with Crippen molar-refractivity contribution < 1.29 is 23.8 Å². The number of benzene rings is 2. The molecule has 2 N–H and O–H groups in total. The summed E-state index contributed by atoms with van der Waals surface area (Å²) < 4.78 is 19.6. The third-order valence-corrected chi connectivity index (χ3v) is 4.22. The van der Waals surface area contributed by atoms with E-state index >= 15 is 0 Å². The van der Waals surface area contributed by atoms with Crippen LogP contribution in [0.3, 0.4) is 0 Å². The molecule has 136 valence electrons. The van der Waals surface area contributed by atoms with E-state index in [0.717, 1.165) is 5.56 Å². The molecular weight excluding hydrogens is 339 g/mol. The highest BCUT2D eigenvalue weighted by molar-refractivity contribution is 5.94. The van der Waals surface area contributed by atoms with E-state index < -0.39 is 11.8 Å². The monoisotopic (exact) mass is 358 g/mol. The van der Waals surface area contributed by atoms with E-state index in [9.17, 15) is 14.0 Å². The second-order valence-corrected chi connectivity index (χ2v) is 5.95. The average molecular weight is 358 g/mol. The van der Waals surface area contributed by atoms with Gasteiger partial charge in [-0.2, -0.15) is 0 Å². The van der Waals surface area contributed by atoms with Crippen molar-refractivity contribution >= 4 is 17.6 Å². The van der Waals surface area contributed by atoms with Gasteiger partial charge in [0, 0.05) is 25.2 Å². The minimum atomic E-state index is -1.00. The van der Waals surface area contributed by atoms with Gasteiger partial charge >= 0.3 is 5.97 Å². The van der Waals surface area contributed by atoms with Crippen LogP contribution in [-0.4, -0.2) is 43.3 Å². The summed E-state index contributed by atoms with van der Waals surface area (Å²) >= 11 is 0. The first-order valence-corrected chi connectivity index (χ1v) is 8.27. The second-order valence-electron chi connectivity index (χ2n) is 5.95. The average Bonchev–Trinajstić information content (AvgIpc) is 2.67. The fraction of sp³-hybridized carbons (Fsp3) is 0.263. The zero-order valence-electron chi connectivity index (χ0n) is 14.1. The van der Waals surface area contributed by atoms with Crippen LogP contribution >= 0.6 is 0 Å². The van der Waals surface area contributed by atoms with E-state index in [2.05, 4.69) is 5.32 Å². The highest BCUT2D eigenvalue weighted by Gasteiger charge is 2.17. The molecule has 3 rings (SSSR count).